The van der Waals surface area contributed by atoms with Crippen LogP contribution in [0.1, 0.15) is 110 Å². The molecule has 0 aliphatic heterocycles. The summed E-state index contributed by atoms with van der Waals surface area (Å²) in [6.45, 7) is 12.0. The first-order chi connectivity index (χ1) is 21.5. The van der Waals surface area contributed by atoms with Gasteiger partial charge in [-0.1, -0.05) is 53.7 Å². The number of phenolic OH excluding ortho intramolecular Hbond substituents is 6. The molecule has 4 aromatic rings. The van der Waals surface area contributed by atoms with Gasteiger partial charge in [0, 0.05) is 58.1 Å². The van der Waals surface area contributed by atoms with E-state index in [0.29, 0.717) is 33.4 Å². The molecule has 2 aliphatic rings. The molecule has 0 radical (unpaired) electrons. The van der Waals surface area contributed by atoms with E-state index in [9.17, 15) is 30.6 Å². The number of benzene rings is 4. The monoisotopic (exact) mass is 626 g/mol. The lowest BCUT2D eigenvalue weighted by Gasteiger charge is -2.28. The van der Waals surface area contributed by atoms with Crippen molar-refractivity contribution in [2.75, 3.05) is 14.2 Å². The maximum atomic E-state index is 11.5. The first kappa shape index (κ1) is 31.3. The van der Waals surface area contributed by atoms with Crippen molar-refractivity contribution in [3.63, 3.8) is 0 Å². The van der Waals surface area contributed by atoms with Gasteiger partial charge in [0.2, 0.25) is 0 Å². The second-order valence-corrected chi connectivity index (χ2v) is 14.7. The van der Waals surface area contributed by atoms with Gasteiger partial charge in [-0.05, 0) is 57.3 Å². The van der Waals surface area contributed by atoms with Crippen LogP contribution in [-0.2, 0) is 10.8 Å². The highest BCUT2D eigenvalue weighted by Crippen LogP contribution is 2.70. The van der Waals surface area contributed by atoms with Gasteiger partial charge in [0.15, 0.2) is 23.0 Å². The van der Waals surface area contributed by atoms with Crippen LogP contribution >= 0.6 is 0 Å². The lowest BCUT2D eigenvalue weighted by atomic mass is 9.76. The number of phenols is 6. The molecule has 0 unspecified atom stereocenters. The molecule has 8 heteroatoms. The molecule has 242 valence electrons. The SMILES string of the molecule is COc1cc([C@@H]2c3c(O)cc(O)cc3[C@H]3[C@H](c4cc(OC)c(O)c(C(C)(C)C)c4)c4c(O)cc(O)cc4[C@@H]23)cc(C(C)(C)C)c1O. The van der Waals surface area contributed by atoms with E-state index < -0.39 is 34.5 Å². The van der Waals surface area contributed by atoms with Crippen LogP contribution < -0.4 is 9.47 Å². The molecular weight excluding hydrogens is 584 g/mol. The highest BCUT2D eigenvalue weighted by molar-refractivity contribution is 5.70. The van der Waals surface area contributed by atoms with Gasteiger partial charge in [0.1, 0.15) is 23.0 Å². The molecule has 46 heavy (non-hydrogen) atoms. The predicted octanol–water partition coefficient (Wildman–Crippen LogP) is 7.69. The third-order valence-electron chi connectivity index (χ3n) is 9.76. The minimum absolute atomic E-state index is 0.0364. The minimum atomic E-state index is -0.512. The van der Waals surface area contributed by atoms with E-state index in [1.165, 1.54) is 26.4 Å². The number of ether oxygens (including phenoxy) is 2. The van der Waals surface area contributed by atoms with Gasteiger partial charge in [-0.25, -0.2) is 0 Å². The summed E-state index contributed by atoms with van der Waals surface area (Å²) in [6.07, 6.45) is 0. The Morgan fingerprint density at radius 3 is 1.15 bits per heavy atom. The maximum absolute atomic E-state index is 11.5. The highest BCUT2D eigenvalue weighted by atomic mass is 16.5. The second kappa shape index (κ2) is 10.4. The lowest BCUT2D eigenvalue weighted by Crippen LogP contribution is -2.15. The molecule has 2 aliphatic carbocycles. The van der Waals surface area contributed by atoms with Crippen LogP contribution in [0, 0.1) is 0 Å². The van der Waals surface area contributed by atoms with Crippen molar-refractivity contribution in [3.05, 3.63) is 93.0 Å². The summed E-state index contributed by atoms with van der Waals surface area (Å²) >= 11 is 0. The zero-order chi connectivity index (χ0) is 33.6. The first-order valence-electron chi connectivity index (χ1n) is 15.4. The fourth-order valence-electron chi connectivity index (χ4n) is 7.86. The lowest BCUT2D eigenvalue weighted by molar-refractivity contribution is 0.362. The van der Waals surface area contributed by atoms with E-state index >= 15 is 0 Å². The Hall–Kier alpha value is -4.72. The Morgan fingerprint density at radius 2 is 0.848 bits per heavy atom. The van der Waals surface area contributed by atoms with Crippen LogP contribution in [0.3, 0.4) is 0 Å². The zero-order valence-corrected chi connectivity index (χ0v) is 27.4. The zero-order valence-electron chi connectivity index (χ0n) is 27.4. The van der Waals surface area contributed by atoms with E-state index in [1.807, 2.05) is 53.7 Å². The average Bonchev–Trinajstić information content (AvgIpc) is 3.45. The summed E-state index contributed by atoms with van der Waals surface area (Å²) in [5, 5.41) is 66.9. The normalized spacial score (nSPS) is 20.3. The molecule has 0 aromatic heterocycles. The molecule has 0 heterocycles. The van der Waals surface area contributed by atoms with Crippen molar-refractivity contribution in [2.45, 2.75) is 76.0 Å². The highest BCUT2D eigenvalue weighted by Gasteiger charge is 2.55. The number of hydrogen-bond acceptors (Lipinski definition) is 8. The van der Waals surface area contributed by atoms with Crippen molar-refractivity contribution in [3.8, 4) is 46.0 Å². The Kier molecular flexibility index (Phi) is 7.07. The molecule has 0 saturated carbocycles. The minimum Gasteiger partial charge on any atom is -0.508 e. The Morgan fingerprint density at radius 1 is 0.500 bits per heavy atom. The van der Waals surface area contributed by atoms with Gasteiger partial charge in [-0.2, -0.15) is 0 Å². The van der Waals surface area contributed by atoms with Gasteiger partial charge < -0.3 is 40.1 Å². The third kappa shape index (κ3) is 4.65. The fourth-order valence-corrected chi connectivity index (χ4v) is 7.86. The summed E-state index contributed by atoms with van der Waals surface area (Å²) in [5.74, 6) is -1.57. The quantitative estimate of drug-likeness (QED) is 0.136. The van der Waals surface area contributed by atoms with Crippen molar-refractivity contribution in [1.82, 2.24) is 0 Å². The van der Waals surface area contributed by atoms with E-state index in [-0.39, 0.29) is 46.0 Å². The molecule has 6 N–H and O–H groups in total. The van der Waals surface area contributed by atoms with E-state index in [0.717, 1.165) is 11.1 Å². The van der Waals surface area contributed by atoms with Gasteiger partial charge >= 0.3 is 0 Å². The van der Waals surface area contributed by atoms with E-state index in [4.69, 9.17) is 9.47 Å². The summed E-state index contributed by atoms with van der Waals surface area (Å²) < 4.78 is 11.3. The second-order valence-electron chi connectivity index (χ2n) is 14.7. The third-order valence-corrected chi connectivity index (χ3v) is 9.76. The van der Waals surface area contributed by atoms with Crippen LogP contribution in [-0.4, -0.2) is 44.9 Å². The Bertz CT molecular complexity index is 1740. The topological polar surface area (TPSA) is 140 Å². The molecule has 0 fully saturated rings. The molecule has 0 saturated heterocycles. The predicted molar refractivity (Wildman–Crippen MR) is 175 cm³/mol. The summed E-state index contributed by atoms with van der Waals surface area (Å²) in [6, 6.07) is 13.4. The van der Waals surface area contributed by atoms with Gasteiger partial charge in [0.05, 0.1) is 14.2 Å². The van der Waals surface area contributed by atoms with Gasteiger partial charge in [-0.3, -0.25) is 0 Å². The summed E-state index contributed by atoms with van der Waals surface area (Å²) in [4.78, 5) is 0. The van der Waals surface area contributed by atoms with E-state index in [1.54, 1.807) is 24.3 Å². The van der Waals surface area contributed by atoms with Crippen LogP contribution in [0.25, 0.3) is 0 Å². The molecular formula is C38H42O8. The van der Waals surface area contributed by atoms with Crippen LogP contribution in [0.4, 0.5) is 0 Å². The molecule has 0 amide bonds. The van der Waals surface area contributed by atoms with Crippen LogP contribution in [0.15, 0.2) is 48.5 Å². The number of fused-ring (bicyclic) bond motifs is 5. The van der Waals surface area contributed by atoms with Crippen molar-refractivity contribution >= 4 is 0 Å². The molecule has 0 bridgehead atoms. The van der Waals surface area contributed by atoms with Crippen LogP contribution in [0.2, 0.25) is 0 Å². The van der Waals surface area contributed by atoms with Crippen LogP contribution in [0.5, 0.6) is 46.0 Å². The summed E-state index contributed by atoms with van der Waals surface area (Å²) in [7, 11) is 2.99. The molecule has 4 atom stereocenters. The largest absolute Gasteiger partial charge is 0.508 e. The molecule has 0 spiro atoms. The number of hydrogen-bond donors (Lipinski definition) is 6. The smallest absolute Gasteiger partial charge is 0.161 e. The molecule has 4 aromatic carbocycles. The Labute approximate surface area is 269 Å². The fraction of sp³-hybridized carbons (Fsp3) is 0.368. The molecule has 8 nitrogen and oxygen atoms in total. The number of aromatic hydroxyl groups is 6. The van der Waals surface area contributed by atoms with Gasteiger partial charge in [-0.15, -0.1) is 0 Å². The number of methoxy groups -OCH3 is 2. The summed E-state index contributed by atoms with van der Waals surface area (Å²) in [5.41, 5.74) is 4.57. The first-order valence-corrected chi connectivity index (χ1v) is 15.4. The van der Waals surface area contributed by atoms with Gasteiger partial charge in [0.25, 0.3) is 0 Å². The maximum Gasteiger partial charge on any atom is 0.161 e. The molecule has 6 rings (SSSR count). The standard InChI is InChI=1S/C38H42O8/c1-37(2,3)23-9-17(11-27(45-7)35(23)43)29-31-21(13-19(39)15-25(31)41)34-30(32-22(33(29)34)14-20(40)16-26(32)42)18-10-24(38(4,5)6)36(44)28(12-18)46-8/h9-16,29-30,33-34,39-44H,1-8H3/t29-,30-,33+,34+/m1/s1. The van der Waals surface area contributed by atoms with E-state index in [2.05, 4.69) is 0 Å². The Balaban J connectivity index is 1.71. The van der Waals surface area contributed by atoms with Crippen molar-refractivity contribution < 1.29 is 40.1 Å². The van der Waals surface area contributed by atoms with Crippen molar-refractivity contribution in [1.29, 1.82) is 0 Å². The average molecular weight is 627 g/mol. The van der Waals surface area contributed by atoms with Crippen molar-refractivity contribution in [2.24, 2.45) is 0 Å². The number of rotatable bonds is 4.